The molecule has 0 radical (unpaired) electrons. The summed E-state index contributed by atoms with van der Waals surface area (Å²) in [4.78, 5) is 24.0. The van der Waals surface area contributed by atoms with Gasteiger partial charge in [-0.1, -0.05) is 6.92 Å². The van der Waals surface area contributed by atoms with Crippen LogP contribution in [0.3, 0.4) is 0 Å². The largest absolute Gasteiger partial charge is 0.392 e. The number of fused-ring (bicyclic) bond motifs is 1. The highest BCUT2D eigenvalue weighted by molar-refractivity contribution is 6.05. The van der Waals surface area contributed by atoms with E-state index in [0.29, 0.717) is 25.2 Å². The van der Waals surface area contributed by atoms with Gasteiger partial charge in [-0.3, -0.25) is 9.69 Å². The third kappa shape index (κ3) is 2.98. The smallest absolute Gasteiger partial charge is 0.256 e. The van der Waals surface area contributed by atoms with Gasteiger partial charge in [0.1, 0.15) is 5.65 Å². The van der Waals surface area contributed by atoms with Gasteiger partial charge in [-0.15, -0.1) is 0 Å². The van der Waals surface area contributed by atoms with E-state index < -0.39 is 0 Å². The van der Waals surface area contributed by atoms with E-state index in [1.165, 1.54) is 0 Å². The molecule has 2 N–H and O–H groups in total. The lowest BCUT2D eigenvalue weighted by Crippen LogP contribution is -2.50. The van der Waals surface area contributed by atoms with Gasteiger partial charge in [0.05, 0.1) is 11.7 Å². The van der Waals surface area contributed by atoms with E-state index in [1.54, 1.807) is 12.4 Å². The number of hydrogen-bond donors (Lipinski definition) is 2. The number of aromatic amines is 1. The molecule has 1 aliphatic rings. The molecule has 1 unspecified atom stereocenters. The second kappa shape index (κ2) is 6.46. The van der Waals surface area contributed by atoms with E-state index in [2.05, 4.69) is 14.9 Å². The van der Waals surface area contributed by atoms with Crippen molar-refractivity contribution in [3.8, 4) is 0 Å². The van der Waals surface area contributed by atoms with E-state index in [4.69, 9.17) is 0 Å². The molecule has 0 saturated carbocycles. The van der Waals surface area contributed by atoms with Gasteiger partial charge in [0.15, 0.2) is 0 Å². The van der Waals surface area contributed by atoms with Crippen LogP contribution in [0, 0.1) is 0 Å². The molecule has 6 nitrogen and oxygen atoms in total. The minimum atomic E-state index is -0.276. The van der Waals surface area contributed by atoms with Gasteiger partial charge in [-0.05, 0) is 18.6 Å². The molecule has 1 saturated heterocycles. The predicted octanol–water partition coefficient (Wildman–Crippen LogP) is 1.09. The Kier molecular flexibility index (Phi) is 4.40. The molecule has 2 aromatic heterocycles. The summed E-state index contributed by atoms with van der Waals surface area (Å²) in [7, 11) is 0. The molecule has 3 rings (SSSR count). The number of aliphatic hydroxyl groups excluding tert-OH is 1. The number of nitrogens with zero attached hydrogens (tertiary/aromatic N) is 3. The van der Waals surface area contributed by atoms with Gasteiger partial charge in [-0.25, -0.2) is 4.98 Å². The molecule has 2 aromatic rings. The van der Waals surface area contributed by atoms with Crippen molar-refractivity contribution in [3.05, 3.63) is 30.1 Å². The first-order valence-electron chi connectivity index (χ1n) is 7.81. The molecule has 0 aromatic carbocycles. The molecular weight excluding hydrogens is 280 g/mol. The number of β-amino-alcohol motifs (C(OH)–C–C–N with tert-alkyl or cyclic N) is 1. The van der Waals surface area contributed by atoms with Crippen molar-refractivity contribution in [2.24, 2.45) is 0 Å². The average molecular weight is 302 g/mol. The first kappa shape index (κ1) is 15.0. The summed E-state index contributed by atoms with van der Waals surface area (Å²) < 4.78 is 0. The van der Waals surface area contributed by atoms with Crippen LogP contribution in [-0.4, -0.2) is 69.6 Å². The van der Waals surface area contributed by atoms with E-state index in [9.17, 15) is 9.90 Å². The van der Waals surface area contributed by atoms with Crippen LogP contribution in [-0.2, 0) is 0 Å². The topological polar surface area (TPSA) is 72.5 Å². The van der Waals surface area contributed by atoms with Gasteiger partial charge in [0.2, 0.25) is 0 Å². The molecule has 3 heterocycles. The molecule has 118 valence electrons. The average Bonchev–Trinajstić information content (AvgIpc) is 2.99. The summed E-state index contributed by atoms with van der Waals surface area (Å²) in [6, 6.07) is 3.76. The summed E-state index contributed by atoms with van der Waals surface area (Å²) in [5, 5.41) is 10.6. The van der Waals surface area contributed by atoms with Crippen molar-refractivity contribution in [3.63, 3.8) is 0 Å². The molecule has 1 aliphatic heterocycles. The van der Waals surface area contributed by atoms with Gasteiger partial charge >= 0.3 is 0 Å². The fourth-order valence-corrected chi connectivity index (χ4v) is 2.86. The maximum Gasteiger partial charge on any atom is 0.256 e. The van der Waals surface area contributed by atoms with Crippen LogP contribution in [0.15, 0.2) is 24.5 Å². The van der Waals surface area contributed by atoms with Crippen LogP contribution in [0.5, 0.6) is 0 Å². The number of amides is 1. The Morgan fingerprint density at radius 3 is 2.91 bits per heavy atom. The summed E-state index contributed by atoms with van der Waals surface area (Å²) in [6.07, 6.45) is 3.95. The molecule has 0 spiro atoms. The number of carbonyl (C=O) groups excluding carboxylic acids is 1. The monoisotopic (exact) mass is 302 g/mol. The van der Waals surface area contributed by atoms with Crippen molar-refractivity contribution in [2.75, 3.05) is 32.7 Å². The summed E-state index contributed by atoms with van der Waals surface area (Å²) in [5.41, 5.74) is 1.43. The number of aliphatic hydroxyl groups is 1. The van der Waals surface area contributed by atoms with E-state index >= 15 is 0 Å². The van der Waals surface area contributed by atoms with Crippen LogP contribution in [0.2, 0.25) is 0 Å². The number of carbonyl (C=O) groups is 1. The zero-order valence-corrected chi connectivity index (χ0v) is 12.8. The molecule has 0 aliphatic carbocycles. The Morgan fingerprint density at radius 2 is 2.18 bits per heavy atom. The van der Waals surface area contributed by atoms with Gasteiger partial charge < -0.3 is 15.0 Å². The quantitative estimate of drug-likeness (QED) is 0.887. The molecule has 6 heteroatoms. The van der Waals surface area contributed by atoms with Crippen LogP contribution >= 0.6 is 0 Å². The Bertz CT molecular complexity index is 646. The Balaban J connectivity index is 1.65. The maximum absolute atomic E-state index is 12.7. The van der Waals surface area contributed by atoms with Gasteiger partial charge in [0, 0.05) is 50.5 Å². The third-order valence-electron chi connectivity index (χ3n) is 4.28. The second-order valence-corrected chi connectivity index (χ2v) is 5.76. The van der Waals surface area contributed by atoms with Crippen LogP contribution < -0.4 is 0 Å². The van der Waals surface area contributed by atoms with E-state index in [-0.39, 0.29) is 12.0 Å². The Morgan fingerprint density at radius 1 is 1.41 bits per heavy atom. The molecule has 1 atom stereocenters. The summed E-state index contributed by atoms with van der Waals surface area (Å²) in [6.45, 7) is 5.68. The first-order chi connectivity index (χ1) is 10.7. The minimum Gasteiger partial charge on any atom is -0.392 e. The zero-order valence-electron chi connectivity index (χ0n) is 12.8. The Hall–Kier alpha value is -1.92. The van der Waals surface area contributed by atoms with Crippen molar-refractivity contribution < 1.29 is 9.90 Å². The highest BCUT2D eigenvalue weighted by Gasteiger charge is 2.24. The lowest BCUT2D eigenvalue weighted by atomic mass is 10.1. The molecule has 0 bridgehead atoms. The number of pyridine rings is 1. The van der Waals surface area contributed by atoms with E-state index in [1.807, 2.05) is 24.0 Å². The second-order valence-electron chi connectivity index (χ2n) is 5.76. The standard InChI is InChI=1S/C16H22N4O2/c1-2-12(21)11-19-6-8-20(9-7-19)16(22)14-10-18-15-13(14)4-3-5-17-15/h3-5,10,12,21H,2,6-9,11H2,1H3,(H,17,18). The highest BCUT2D eigenvalue weighted by Crippen LogP contribution is 2.18. The number of piperazine rings is 1. The zero-order chi connectivity index (χ0) is 15.5. The van der Waals surface area contributed by atoms with Crippen molar-refractivity contribution >= 4 is 16.9 Å². The number of nitrogens with one attached hydrogen (secondary N) is 1. The SMILES string of the molecule is CCC(O)CN1CCN(C(=O)c2c[nH]c3ncccc23)CC1. The lowest BCUT2D eigenvalue weighted by Gasteiger charge is -2.35. The van der Waals surface area contributed by atoms with Crippen LogP contribution in [0.1, 0.15) is 23.7 Å². The van der Waals surface area contributed by atoms with Crippen molar-refractivity contribution in [1.29, 1.82) is 0 Å². The Labute approximate surface area is 129 Å². The lowest BCUT2D eigenvalue weighted by molar-refractivity contribution is 0.0525. The maximum atomic E-state index is 12.7. The van der Waals surface area contributed by atoms with E-state index in [0.717, 1.165) is 30.5 Å². The predicted molar refractivity (Wildman–Crippen MR) is 84.7 cm³/mol. The van der Waals surface area contributed by atoms with Crippen molar-refractivity contribution in [2.45, 2.75) is 19.4 Å². The normalized spacial score (nSPS) is 17.8. The van der Waals surface area contributed by atoms with Gasteiger partial charge in [-0.2, -0.15) is 0 Å². The van der Waals surface area contributed by atoms with Crippen molar-refractivity contribution in [1.82, 2.24) is 19.8 Å². The molecule has 22 heavy (non-hydrogen) atoms. The number of aromatic nitrogens is 2. The number of rotatable bonds is 4. The van der Waals surface area contributed by atoms with Gasteiger partial charge in [0.25, 0.3) is 5.91 Å². The summed E-state index contributed by atoms with van der Waals surface area (Å²) in [5.74, 6) is 0.0509. The minimum absolute atomic E-state index is 0.0509. The summed E-state index contributed by atoms with van der Waals surface area (Å²) >= 11 is 0. The molecule has 1 amide bonds. The number of H-pyrrole nitrogens is 1. The molecule has 1 fully saturated rings. The fourth-order valence-electron chi connectivity index (χ4n) is 2.86. The highest BCUT2D eigenvalue weighted by atomic mass is 16.3. The van der Waals surface area contributed by atoms with Crippen LogP contribution in [0.4, 0.5) is 0 Å². The fraction of sp³-hybridized carbons (Fsp3) is 0.500. The number of hydrogen-bond acceptors (Lipinski definition) is 4. The van der Waals surface area contributed by atoms with Crippen LogP contribution in [0.25, 0.3) is 11.0 Å². The first-order valence-corrected chi connectivity index (χ1v) is 7.81. The molecular formula is C16H22N4O2. The third-order valence-corrected chi connectivity index (χ3v) is 4.28.